The van der Waals surface area contributed by atoms with E-state index in [1.807, 2.05) is 50.4 Å². The highest BCUT2D eigenvalue weighted by molar-refractivity contribution is 5.87. The van der Waals surface area contributed by atoms with Gasteiger partial charge in [-0.1, -0.05) is 36.4 Å². The van der Waals surface area contributed by atoms with Gasteiger partial charge in [-0.15, -0.1) is 0 Å². The fourth-order valence-electron chi connectivity index (χ4n) is 3.38. The molecule has 0 bridgehead atoms. The number of benzene rings is 2. The number of aryl methyl sites for hydroxylation is 4. The minimum absolute atomic E-state index is 0.743. The van der Waals surface area contributed by atoms with Crippen LogP contribution in [0.15, 0.2) is 54.7 Å². The molecule has 5 nitrogen and oxygen atoms in total. The largest absolute Gasteiger partial charge is 0.496 e. The van der Waals surface area contributed by atoms with E-state index in [9.17, 15) is 0 Å². The van der Waals surface area contributed by atoms with Gasteiger partial charge in [0.1, 0.15) is 17.4 Å². The van der Waals surface area contributed by atoms with E-state index in [1.54, 1.807) is 7.11 Å². The van der Waals surface area contributed by atoms with Gasteiger partial charge in [0.25, 0.3) is 0 Å². The van der Waals surface area contributed by atoms with Crippen LogP contribution in [0, 0.1) is 6.92 Å². The lowest BCUT2D eigenvalue weighted by Gasteiger charge is -2.09. The van der Waals surface area contributed by atoms with Crippen molar-refractivity contribution in [2.75, 3.05) is 7.11 Å². The number of hydrogen-bond donors (Lipinski definition) is 0. The summed E-state index contributed by atoms with van der Waals surface area (Å²) in [6.07, 6.45) is 3.60. The molecule has 136 valence electrons. The Bertz CT molecular complexity index is 1090. The van der Waals surface area contributed by atoms with E-state index in [0.717, 1.165) is 58.1 Å². The van der Waals surface area contributed by atoms with Gasteiger partial charge in [0.05, 0.1) is 29.4 Å². The fourth-order valence-corrected chi connectivity index (χ4v) is 3.38. The second-order valence-electron chi connectivity index (χ2n) is 6.60. The zero-order valence-electron chi connectivity index (χ0n) is 15.8. The number of imidazole rings is 1. The van der Waals surface area contributed by atoms with Crippen LogP contribution in [0.3, 0.4) is 0 Å². The number of rotatable bonds is 5. The van der Waals surface area contributed by atoms with Crippen molar-refractivity contribution in [1.29, 1.82) is 0 Å². The van der Waals surface area contributed by atoms with Crippen molar-refractivity contribution >= 4 is 10.9 Å². The fraction of sp³-hybridized carbons (Fsp3) is 0.227. The van der Waals surface area contributed by atoms with E-state index in [-0.39, 0.29) is 0 Å². The molecule has 0 fully saturated rings. The molecule has 0 aliphatic rings. The average Bonchev–Trinajstić information content (AvgIpc) is 3.07. The van der Waals surface area contributed by atoms with E-state index in [1.165, 1.54) is 0 Å². The summed E-state index contributed by atoms with van der Waals surface area (Å²) in [5.41, 5.74) is 3.98. The topological polar surface area (TPSA) is 52.8 Å². The quantitative estimate of drug-likeness (QED) is 0.538. The van der Waals surface area contributed by atoms with Crippen molar-refractivity contribution in [3.63, 3.8) is 0 Å². The maximum absolute atomic E-state index is 5.44. The van der Waals surface area contributed by atoms with Gasteiger partial charge in [0.2, 0.25) is 0 Å². The summed E-state index contributed by atoms with van der Waals surface area (Å²) < 4.78 is 7.53. The summed E-state index contributed by atoms with van der Waals surface area (Å²) in [4.78, 5) is 14.2. The Kier molecular flexibility index (Phi) is 4.59. The van der Waals surface area contributed by atoms with Crippen LogP contribution in [0.25, 0.3) is 22.2 Å². The Morgan fingerprint density at radius 2 is 1.74 bits per heavy atom. The van der Waals surface area contributed by atoms with Crippen LogP contribution in [-0.2, 0) is 19.9 Å². The molecule has 5 heteroatoms. The summed E-state index contributed by atoms with van der Waals surface area (Å²) in [7, 11) is 3.71. The van der Waals surface area contributed by atoms with Crippen LogP contribution in [0.2, 0.25) is 0 Å². The third kappa shape index (κ3) is 3.40. The molecule has 2 aromatic heterocycles. The van der Waals surface area contributed by atoms with Crippen LogP contribution < -0.4 is 4.74 Å². The molecule has 0 saturated heterocycles. The Labute approximate surface area is 158 Å². The van der Waals surface area contributed by atoms with Crippen molar-refractivity contribution in [2.24, 2.45) is 7.05 Å². The molecule has 0 aliphatic carbocycles. The average molecular weight is 358 g/mol. The first-order valence-corrected chi connectivity index (χ1v) is 9.03. The molecule has 0 radical (unpaired) electrons. The molecule has 4 rings (SSSR count). The van der Waals surface area contributed by atoms with Crippen LogP contribution in [0.1, 0.15) is 17.3 Å². The normalized spacial score (nSPS) is 11.1. The monoisotopic (exact) mass is 358 g/mol. The lowest BCUT2D eigenvalue weighted by atomic mass is 10.1. The summed E-state index contributed by atoms with van der Waals surface area (Å²) in [5.74, 6) is 2.67. The predicted octanol–water partition coefficient (Wildman–Crippen LogP) is 4.13. The number of hydrogen-bond acceptors (Lipinski definition) is 4. The number of ether oxygens (including phenoxy) is 1. The van der Waals surface area contributed by atoms with Crippen molar-refractivity contribution in [1.82, 2.24) is 19.5 Å². The Hall–Kier alpha value is -3.21. The summed E-state index contributed by atoms with van der Waals surface area (Å²) in [6.45, 7) is 2.00. The van der Waals surface area contributed by atoms with Gasteiger partial charge in [-0.2, -0.15) is 0 Å². The first-order chi connectivity index (χ1) is 13.2. The Morgan fingerprint density at radius 3 is 2.52 bits per heavy atom. The molecular formula is C22H22N4O. The summed E-state index contributed by atoms with van der Waals surface area (Å²) >= 11 is 0. The molecule has 0 atom stereocenters. The summed E-state index contributed by atoms with van der Waals surface area (Å²) in [6, 6.07) is 16.1. The number of aromatic nitrogens is 4. The first kappa shape index (κ1) is 17.2. The van der Waals surface area contributed by atoms with Crippen LogP contribution in [-0.4, -0.2) is 26.6 Å². The minimum atomic E-state index is 0.743. The molecule has 0 saturated carbocycles. The third-order valence-electron chi connectivity index (χ3n) is 4.75. The van der Waals surface area contributed by atoms with Crippen molar-refractivity contribution in [2.45, 2.75) is 19.8 Å². The highest BCUT2D eigenvalue weighted by Crippen LogP contribution is 2.26. The van der Waals surface area contributed by atoms with Crippen LogP contribution in [0.5, 0.6) is 5.75 Å². The molecular weight excluding hydrogens is 336 g/mol. The van der Waals surface area contributed by atoms with Gasteiger partial charge in [-0.3, -0.25) is 0 Å². The van der Waals surface area contributed by atoms with Gasteiger partial charge < -0.3 is 9.30 Å². The third-order valence-corrected chi connectivity index (χ3v) is 4.75. The molecule has 27 heavy (non-hydrogen) atoms. The maximum atomic E-state index is 5.44. The molecule has 4 aromatic rings. The highest BCUT2D eigenvalue weighted by Gasteiger charge is 2.11. The SMILES string of the molecule is COc1cccc2nc(CCc3nc(-c4ccccc4)cn3C)nc(C)c12. The van der Waals surface area contributed by atoms with Gasteiger partial charge >= 0.3 is 0 Å². The lowest BCUT2D eigenvalue weighted by molar-refractivity contribution is 0.419. The van der Waals surface area contributed by atoms with Gasteiger partial charge in [-0.05, 0) is 19.1 Å². The Morgan fingerprint density at radius 1 is 0.926 bits per heavy atom. The Balaban J connectivity index is 1.58. The van der Waals surface area contributed by atoms with Gasteiger partial charge in [0, 0.05) is 31.6 Å². The maximum Gasteiger partial charge on any atom is 0.130 e. The standard InChI is InChI=1S/C22H22N4O/c1-15-22-17(10-7-11-19(22)27-3)24-20(23-15)12-13-21-25-18(14-26(21)2)16-8-5-4-6-9-16/h4-11,14H,12-13H2,1-3H3. The highest BCUT2D eigenvalue weighted by atomic mass is 16.5. The molecule has 2 heterocycles. The zero-order valence-corrected chi connectivity index (χ0v) is 15.8. The number of methoxy groups -OCH3 is 1. The van der Waals surface area contributed by atoms with Crippen molar-refractivity contribution in [3.8, 4) is 17.0 Å². The zero-order chi connectivity index (χ0) is 18.8. The van der Waals surface area contributed by atoms with E-state index in [4.69, 9.17) is 19.7 Å². The molecule has 2 aromatic carbocycles. The van der Waals surface area contributed by atoms with Gasteiger partial charge in [-0.25, -0.2) is 15.0 Å². The minimum Gasteiger partial charge on any atom is -0.496 e. The lowest BCUT2D eigenvalue weighted by Crippen LogP contribution is -2.05. The van der Waals surface area contributed by atoms with Crippen molar-refractivity contribution < 1.29 is 4.74 Å². The predicted molar refractivity (Wildman–Crippen MR) is 107 cm³/mol. The van der Waals surface area contributed by atoms with E-state index < -0.39 is 0 Å². The molecule has 0 N–H and O–H groups in total. The number of nitrogens with zero attached hydrogens (tertiary/aromatic N) is 4. The van der Waals surface area contributed by atoms with E-state index >= 15 is 0 Å². The second kappa shape index (κ2) is 7.19. The van der Waals surface area contributed by atoms with E-state index in [0.29, 0.717) is 0 Å². The smallest absolute Gasteiger partial charge is 0.130 e. The van der Waals surface area contributed by atoms with Crippen LogP contribution >= 0.6 is 0 Å². The molecule has 0 amide bonds. The summed E-state index contributed by atoms with van der Waals surface area (Å²) in [5, 5.41) is 0.979. The first-order valence-electron chi connectivity index (χ1n) is 9.03. The van der Waals surface area contributed by atoms with E-state index in [2.05, 4.69) is 22.9 Å². The number of fused-ring (bicyclic) bond motifs is 1. The molecule has 0 unspecified atom stereocenters. The van der Waals surface area contributed by atoms with Crippen LogP contribution in [0.4, 0.5) is 0 Å². The second-order valence-corrected chi connectivity index (χ2v) is 6.60. The molecule has 0 aliphatic heterocycles. The van der Waals surface area contributed by atoms with Crippen molar-refractivity contribution in [3.05, 3.63) is 72.1 Å². The van der Waals surface area contributed by atoms with Gasteiger partial charge in [0.15, 0.2) is 0 Å². The molecule has 0 spiro atoms.